The first-order valence-electron chi connectivity index (χ1n) is 5.98. The van der Waals surface area contributed by atoms with Gasteiger partial charge < -0.3 is 0 Å². The van der Waals surface area contributed by atoms with Crippen molar-refractivity contribution in [1.29, 1.82) is 0 Å². The Hall–Kier alpha value is -1.80. The second-order valence-corrected chi connectivity index (χ2v) is 5.36. The smallest absolute Gasteiger partial charge is 0.222 e. The molecule has 0 unspecified atom stereocenters. The second-order valence-electron chi connectivity index (χ2n) is 4.17. The molecule has 3 aromatic rings. The number of fused-ring (bicyclic) bond motifs is 1. The van der Waals surface area contributed by atoms with Gasteiger partial charge in [-0.15, -0.1) is 10.2 Å². The number of halogens is 2. The van der Waals surface area contributed by atoms with Crippen LogP contribution in [0.5, 0.6) is 0 Å². The Morgan fingerprint density at radius 2 is 1.55 bits per heavy atom. The van der Waals surface area contributed by atoms with Gasteiger partial charge in [0, 0.05) is 17.7 Å². The lowest BCUT2D eigenvalue weighted by Gasteiger charge is -2.17. The standard InChI is InChI=1S/C14H10ClN2.ClHO4/c15-12-6-7-14-16-13(8-9-17(14)10-12)11-4-2-1-3-5-11;2-1(3,4)5/h1-10H;(H,2,3,4,5)/q+1;/p-1. The summed E-state index contributed by atoms with van der Waals surface area (Å²) in [5, 5.41) is 0.705. The summed E-state index contributed by atoms with van der Waals surface area (Å²) in [6.07, 6.45) is 3.81. The predicted octanol–water partition coefficient (Wildman–Crippen LogP) is -1.62. The molecule has 1 aromatic carbocycles. The summed E-state index contributed by atoms with van der Waals surface area (Å²) >= 11 is 5.93. The molecule has 0 fully saturated rings. The van der Waals surface area contributed by atoms with Crippen LogP contribution < -0.4 is 23.0 Å². The van der Waals surface area contributed by atoms with Crippen molar-refractivity contribution in [2.24, 2.45) is 0 Å². The summed E-state index contributed by atoms with van der Waals surface area (Å²) < 4.78 is 35.9. The van der Waals surface area contributed by atoms with E-state index in [-0.39, 0.29) is 0 Å². The molecule has 2 heterocycles. The minimum absolute atomic E-state index is 0.705. The van der Waals surface area contributed by atoms with Gasteiger partial charge in [0.1, 0.15) is 12.4 Å². The van der Waals surface area contributed by atoms with E-state index >= 15 is 0 Å². The summed E-state index contributed by atoms with van der Waals surface area (Å²) in [7, 11) is -4.94. The van der Waals surface area contributed by atoms with Crippen molar-refractivity contribution < 1.29 is 33.3 Å². The summed E-state index contributed by atoms with van der Waals surface area (Å²) in [5.74, 6) is 0. The maximum Gasteiger partial charge on any atom is 0.328 e. The third-order valence-corrected chi connectivity index (χ3v) is 2.84. The number of pyridine rings is 1. The monoisotopic (exact) mass is 340 g/mol. The molecule has 0 radical (unpaired) electrons. The first-order chi connectivity index (χ1) is 10.3. The van der Waals surface area contributed by atoms with Gasteiger partial charge in [-0.1, -0.05) is 41.9 Å². The van der Waals surface area contributed by atoms with Gasteiger partial charge in [-0.05, 0) is 11.1 Å². The average Bonchev–Trinajstić information content (AvgIpc) is 2.46. The normalized spacial score (nSPS) is 11.0. The van der Waals surface area contributed by atoms with Crippen molar-refractivity contribution in [3.63, 3.8) is 0 Å². The highest BCUT2D eigenvalue weighted by Crippen LogP contribution is 2.15. The molecule has 0 saturated carbocycles. The van der Waals surface area contributed by atoms with E-state index in [0.717, 1.165) is 16.9 Å². The topological polar surface area (TPSA) is 109 Å². The lowest BCUT2D eigenvalue weighted by atomic mass is 10.1. The Balaban J connectivity index is 0.000000309. The van der Waals surface area contributed by atoms with E-state index in [2.05, 4.69) is 17.1 Å². The van der Waals surface area contributed by atoms with Gasteiger partial charge >= 0.3 is 5.65 Å². The van der Waals surface area contributed by atoms with Crippen LogP contribution in [0.2, 0.25) is 5.02 Å². The molecule has 0 aliphatic rings. The van der Waals surface area contributed by atoms with E-state index in [9.17, 15) is 0 Å². The summed E-state index contributed by atoms with van der Waals surface area (Å²) in [6.45, 7) is 0. The molecule has 6 nitrogen and oxygen atoms in total. The van der Waals surface area contributed by atoms with Crippen molar-refractivity contribution in [2.75, 3.05) is 0 Å². The van der Waals surface area contributed by atoms with E-state index in [0.29, 0.717) is 5.02 Å². The lowest BCUT2D eigenvalue weighted by Crippen LogP contribution is -2.68. The van der Waals surface area contributed by atoms with Crippen molar-refractivity contribution in [2.45, 2.75) is 0 Å². The molecule has 0 saturated heterocycles. The Labute approximate surface area is 133 Å². The van der Waals surface area contributed by atoms with Crippen molar-refractivity contribution >= 4 is 17.2 Å². The third-order valence-electron chi connectivity index (χ3n) is 2.62. The fourth-order valence-corrected chi connectivity index (χ4v) is 1.95. The minimum Gasteiger partial charge on any atom is -0.222 e. The fraction of sp³-hybridized carbons (Fsp3) is 0. The predicted molar refractivity (Wildman–Crippen MR) is 67.8 cm³/mol. The van der Waals surface area contributed by atoms with Crippen LogP contribution in [0.4, 0.5) is 0 Å². The summed E-state index contributed by atoms with van der Waals surface area (Å²) in [6, 6.07) is 15.9. The van der Waals surface area contributed by atoms with E-state index in [1.54, 1.807) is 0 Å². The van der Waals surface area contributed by atoms with Crippen LogP contribution in [0.3, 0.4) is 0 Å². The third kappa shape index (κ3) is 5.19. The number of benzene rings is 1. The van der Waals surface area contributed by atoms with Gasteiger partial charge in [-0.2, -0.15) is 0 Å². The molecule has 22 heavy (non-hydrogen) atoms. The van der Waals surface area contributed by atoms with Crippen LogP contribution in [0, 0.1) is 10.2 Å². The van der Waals surface area contributed by atoms with Gasteiger partial charge in [-0.25, -0.2) is 23.0 Å². The fourth-order valence-electron chi connectivity index (χ4n) is 1.78. The zero-order chi connectivity index (χ0) is 16.2. The van der Waals surface area contributed by atoms with Crippen LogP contribution in [0.1, 0.15) is 0 Å². The van der Waals surface area contributed by atoms with Gasteiger partial charge in [0.2, 0.25) is 0 Å². The molecule has 0 amide bonds. The van der Waals surface area contributed by atoms with Crippen LogP contribution in [0.25, 0.3) is 16.9 Å². The van der Waals surface area contributed by atoms with Crippen LogP contribution in [0.15, 0.2) is 60.9 Å². The summed E-state index contributed by atoms with van der Waals surface area (Å²) in [5.41, 5.74) is 2.97. The van der Waals surface area contributed by atoms with Crippen LogP contribution in [-0.4, -0.2) is 4.98 Å². The van der Waals surface area contributed by atoms with E-state index < -0.39 is 10.2 Å². The Morgan fingerprint density at radius 1 is 0.909 bits per heavy atom. The Kier molecular flexibility index (Phi) is 5.25. The number of nitrogens with zero attached hydrogens (tertiary/aromatic N) is 2. The van der Waals surface area contributed by atoms with E-state index in [1.165, 1.54) is 0 Å². The van der Waals surface area contributed by atoms with Gasteiger partial charge in [0.25, 0.3) is 0 Å². The van der Waals surface area contributed by atoms with Crippen molar-refractivity contribution in [1.82, 2.24) is 4.98 Å². The SMILES string of the molecule is Clc1ccc2nc(-c3ccccc3)cc[n+]2c1.[O-][Cl+3]([O-])([O-])[O-]. The highest BCUT2D eigenvalue weighted by Gasteiger charge is 2.09. The number of hydrogen-bond donors (Lipinski definition) is 0. The lowest BCUT2D eigenvalue weighted by molar-refractivity contribution is -2.00. The molecule has 0 spiro atoms. The van der Waals surface area contributed by atoms with Crippen molar-refractivity contribution in [3.05, 3.63) is 65.9 Å². The van der Waals surface area contributed by atoms with Crippen LogP contribution in [-0.2, 0) is 0 Å². The molecular formula is C14H10Cl2N2O4. The molecule has 0 aliphatic carbocycles. The van der Waals surface area contributed by atoms with Crippen molar-refractivity contribution in [3.8, 4) is 11.3 Å². The zero-order valence-electron chi connectivity index (χ0n) is 11.1. The molecule has 114 valence electrons. The maximum absolute atomic E-state index is 8.49. The van der Waals surface area contributed by atoms with Gasteiger partial charge in [0.15, 0.2) is 5.69 Å². The maximum atomic E-state index is 8.49. The van der Waals surface area contributed by atoms with Gasteiger partial charge in [-0.3, -0.25) is 0 Å². The largest absolute Gasteiger partial charge is 0.328 e. The number of aromatic nitrogens is 2. The summed E-state index contributed by atoms with van der Waals surface area (Å²) in [4.78, 5) is 4.59. The minimum atomic E-state index is -4.94. The molecule has 8 heteroatoms. The highest BCUT2D eigenvalue weighted by atomic mass is 35.7. The number of rotatable bonds is 1. The Bertz CT molecular complexity index is 758. The van der Waals surface area contributed by atoms with E-state index in [1.807, 2.05) is 53.2 Å². The van der Waals surface area contributed by atoms with E-state index in [4.69, 9.17) is 30.2 Å². The molecule has 3 rings (SSSR count). The van der Waals surface area contributed by atoms with Crippen LogP contribution >= 0.6 is 11.6 Å². The quantitative estimate of drug-likeness (QED) is 0.495. The zero-order valence-corrected chi connectivity index (χ0v) is 12.6. The highest BCUT2D eigenvalue weighted by molar-refractivity contribution is 6.30. The first kappa shape index (κ1) is 16.6. The molecule has 0 N–H and O–H groups in total. The molecular weight excluding hydrogens is 331 g/mol. The first-order valence-corrected chi connectivity index (χ1v) is 7.59. The second kappa shape index (κ2) is 6.97. The molecule has 2 aromatic heterocycles. The number of hydrogen-bond acceptors (Lipinski definition) is 5. The Morgan fingerprint density at radius 3 is 2.18 bits per heavy atom. The molecule has 0 aliphatic heterocycles. The average molecular weight is 341 g/mol. The molecule has 0 atom stereocenters. The van der Waals surface area contributed by atoms with Gasteiger partial charge in [0.05, 0.1) is 5.02 Å². The molecule has 0 bridgehead atoms.